The summed E-state index contributed by atoms with van der Waals surface area (Å²) in [5, 5.41) is 0. The Hall–Kier alpha value is -4.25. The molecule has 0 radical (unpaired) electrons. The van der Waals surface area contributed by atoms with Gasteiger partial charge in [0.25, 0.3) is 0 Å². The Morgan fingerprint density at radius 3 is 2.32 bits per heavy atom. The lowest BCUT2D eigenvalue weighted by Gasteiger charge is -2.25. The number of nitrogens with zero attached hydrogens (tertiary/aromatic N) is 2. The van der Waals surface area contributed by atoms with E-state index in [9.17, 15) is 13.6 Å². The monoisotopic (exact) mass is 507 g/mol. The minimum absolute atomic E-state index is 0.00850. The number of aromatic nitrogens is 3. The molecule has 0 amide bonds. The first-order valence-corrected chi connectivity index (χ1v) is 12.2. The summed E-state index contributed by atoms with van der Waals surface area (Å²) in [6.45, 7) is 8.00. The van der Waals surface area contributed by atoms with Crippen LogP contribution in [0.2, 0.25) is 0 Å². The van der Waals surface area contributed by atoms with E-state index in [1.165, 1.54) is 24.3 Å². The van der Waals surface area contributed by atoms with E-state index >= 15 is 0 Å². The molecular weight excluding hydrogens is 472 g/mol. The van der Waals surface area contributed by atoms with Gasteiger partial charge in [-0.1, -0.05) is 33.8 Å². The minimum Gasteiger partial charge on any atom is -0.401 e. The van der Waals surface area contributed by atoms with E-state index in [1.807, 2.05) is 27.7 Å². The quantitative estimate of drug-likeness (QED) is 0.381. The third-order valence-corrected chi connectivity index (χ3v) is 5.34. The maximum atomic E-state index is 14.1. The van der Waals surface area contributed by atoms with E-state index in [-0.39, 0.29) is 22.7 Å². The normalized spacial score (nSPS) is 14.7. The number of rotatable bonds is 4. The molecule has 0 spiro atoms. The highest BCUT2D eigenvalue weighted by atomic mass is 19.1. The van der Waals surface area contributed by atoms with Crippen LogP contribution in [-0.2, 0) is 0 Å². The molecule has 4 rings (SSSR count). The van der Waals surface area contributed by atoms with Crippen molar-refractivity contribution in [3.63, 3.8) is 0 Å². The van der Waals surface area contributed by atoms with Gasteiger partial charge in [0.15, 0.2) is 5.82 Å². The molecule has 3 aromatic rings. The molecule has 0 saturated heterocycles. The number of nitrogens with one attached hydrogen (secondary N) is 1. The number of benzene rings is 1. The van der Waals surface area contributed by atoms with Gasteiger partial charge in [0.05, 0.1) is 11.3 Å². The van der Waals surface area contributed by atoms with Crippen LogP contribution < -0.4 is 17.0 Å². The van der Waals surface area contributed by atoms with E-state index in [0.29, 0.717) is 23.5 Å². The zero-order valence-electron chi connectivity index (χ0n) is 21.8. The van der Waals surface area contributed by atoms with E-state index in [0.717, 1.165) is 24.1 Å². The third kappa shape index (κ3) is 7.87. The average molecular weight is 508 g/mol. The molecule has 0 bridgehead atoms. The standard InChI is InChI=1S/C23H21F2N5O.2C2H6.C2H2/c24-16-5-2-6-17(25)21(16)18(26)11-13-3-1-4-15(22(13)27)19-9-10-28-23(30-19)14-7-8-20(31)29-12-14;3*1-2/h2,5-12,15H,1,3-4,26-27H2,(H,29,31);2*1-2H3;1-2H/b18-11-;;;. The lowest BCUT2D eigenvalue weighted by Crippen LogP contribution is -2.19. The second-order valence-electron chi connectivity index (χ2n) is 7.37. The highest BCUT2D eigenvalue weighted by Gasteiger charge is 2.24. The minimum atomic E-state index is -0.721. The Labute approximate surface area is 217 Å². The van der Waals surface area contributed by atoms with E-state index in [2.05, 4.69) is 27.8 Å². The maximum Gasteiger partial charge on any atom is 0.247 e. The van der Waals surface area contributed by atoms with Crippen LogP contribution in [0.15, 0.2) is 70.9 Å². The number of allylic oxidation sites excluding steroid dienone is 3. The maximum absolute atomic E-state index is 14.1. The van der Waals surface area contributed by atoms with Gasteiger partial charge in [-0.3, -0.25) is 4.79 Å². The first-order valence-electron chi connectivity index (χ1n) is 12.2. The van der Waals surface area contributed by atoms with Gasteiger partial charge in [0.2, 0.25) is 5.56 Å². The molecule has 196 valence electrons. The highest BCUT2D eigenvalue weighted by molar-refractivity contribution is 5.67. The SMILES string of the molecule is C#C.CC.CC.NC1=C(/C=C(\N)c2c(F)cccc2F)CCCC1c1ccnc(-c2ccc(=O)[nH]c2)n1. The van der Waals surface area contributed by atoms with Gasteiger partial charge in [0, 0.05) is 41.3 Å². The summed E-state index contributed by atoms with van der Waals surface area (Å²) in [7, 11) is 0. The third-order valence-electron chi connectivity index (χ3n) is 5.34. The van der Waals surface area contributed by atoms with Crippen molar-refractivity contribution in [2.45, 2.75) is 52.9 Å². The summed E-state index contributed by atoms with van der Waals surface area (Å²) in [6, 6.07) is 8.48. The van der Waals surface area contributed by atoms with Crippen molar-refractivity contribution in [2.24, 2.45) is 11.5 Å². The fraction of sp³-hybridized carbons (Fsp3) is 0.276. The fourth-order valence-corrected chi connectivity index (χ4v) is 3.77. The van der Waals surface area contributed by atoms with Crippen molar-refractivity contribution in [2.75, 3.05) is 0 Å². The number of H-pyrrole nitrogens is 1. The van der Waals surface area contributed by atoms with E-state index < -0.39 is 11.6 Å². The molecule has 8 heteroatoms. The van der Waals surface area contributed by atoms with Gasteiger partial charge < -0.3 is 16.5 Å². The summed E-state index contributed by atoms with van der Waals surface area (Å²) in [4.78, 5) is 22.8. The summed E-state index contributed by atoms with van der Waals surface area (Å²) in [5.74, 6) is -1.15. The molecule has 1 aliphatic rings. The average Bonchev–Trinajstić information content (AvgIpc) is 2.94. The number of pyridine rings is 1. The molecule has 6 nitrogen and oxygen atoms in total. The number of aromatic amines is 1. The molecule has 5 N–H and O–H groups in total. The summed E-state index contributed by atoms with van der Waals surface area (Å²) >= 11 is 0. The van der Waals surface area contributed by atoms with Crippen LogP contribution in [-0.4, -0.2) is 15.0 Å². The Balaban J connectivity index is 0.00000106. The van der Waals surface area contributed by atoms with Crippen molar-refractivity contribution < 1.29 is 8.78 Å². The molecule has 1 aliphatic carbocycles. The summed E-state index contributed by atoms with van der Waals surface area (Å²) in [6.07, 6.45) is 15.0. The number of hydrogen-bond acceptors (Lipinski definition) is 5. The van der Waals surface area contributed by atoms with Crippen molar-refractivity contribution in [3.05, 3.63) is 99.4 Å². The van der Waals surface area contributed by atoms with Crippen LogP contribution in [0.1, 0.15) is 64.1 Å². The Bertz CT molecular complexity index is 1250. The largest absolute Gasteiger partial charge is 0.401 e. The molecule has 1 unspecified atom stereocenters. The van der Waals surface area contributed by atoms with Gasteiger partial charge in [-0.2, -0.15) is 0 Å². The molecule has 0 fully saturated rings. The van der Waals surface area contributed by atoms with Crippen LogP contribution in [0.3, 0.4) is 0 Å². The van der Waals surface area contributed by atoms with Crippen LogP contribution in [0.5, 0.6) is 0 Å². The Kier molecular flexibility index (Phi) is 13.0. The van der Waals surface area contributed by atoms with Gasteiger partial charge >= 0.3 is 0 Å². The van der Waals surface area contributed by atoms with Crippen molar-refractivity contribution in [1.29, 1.82) is 0 Å². The van der Waals surface area contributed by atoms with Crippen molar-refractivity contribution in [3.8, 4) is 24.2 Å². The predicted octanol–water partition coefficient (Wildman–Crippen LogP) is 5.89. The first kappa shape index (κ1) is 30.8. The molecule has 0 aliphatic heterocycles. The molecule has 37 heavy (non-hydrogen) atoms. The number of hydrogen-bond donors (Lipinski definition) is 3. The summed E-state index contributed by atoms with van der Waals surface area (Å²) in [5.41, 5.74) is 14.7. The number of terminal acetylenes is 1. The topological polar surface area (TPSA) is 111 Å². The molecular formula is C29H35F2N5O. The lowest BCUT2D eigenvalue weighted by molar-refractivity contribution is 0.576. The molecule has 1 atom stereocenters. The van der Waals surface area contributed by atoms with Crippen LogP contribution in [0.25, 0.3) is 17.1 Å². The van der Waals surface area contributed by atoms with Crippen molar-refractivity contribution in [1.82, 2.24) is 15.0 Å². The van der Waals surface area contributed by atoms with Crippen LogP contribution in [0, 0.1) is 24.5 Å². The lowest BCUT2D eigenvalue weighted by atomic mass is 9.84. The van der Waals surface area contributed by atoms with Gasteiger partial charge in [-0.05, 0) is 55.2 Å². The smallest absolute Gasteiger partial charge is 0.247 e. The van der Waals surface area contributed by atoms with Gasteiger partial charge in [0.1, 0.15) is 11.6 Å². The summed E-state index contributed by atoms with van der Waals surface area (Å²) < 4.78 is 28.2. The van der Waals surface area contributed by atoms with Gasteiger partial charge in [-0.15, -0.1) is 12.8 Å². The second-order valence-corrected chi connectivity index (χ2v) is 7.37. The predicted molar refractivity (Wildman–Crippen MR) is 147 cm³/mol. The number of halogens is 2. The van der Waals surface area contributed by atoms with E-state index in [4.69, 9.17) is 11.5 Å². The Morgan fingerprint density at radius 2 is 1.73 bits per heavy atom. The first-order chi connectivity index (χ1) is 17.9. The van der Waals surface area contributed by atoms with Crippen LogP contribution in [0.4, 0.5) is 8.78 Å². The molecule has 2 heterocycles. The molecule has 2 aromatic heterocycles. The van der Waals surface area contributed by atoms with Crippen LogP contribution >= 0.6 is 0 Å². The highest BCUT2D eigenvalue weighted by Crippen LogP contribution is 2.36. The van der Waals surface area contributed by atoms with Gasteiger partial charge in [-0.25, -0.2) is 18.7 Å². The fourth-order valence-electron chi connectivity index (χ4n) is 3.77. The molecule has 0 saturated carbocycles. The zero-order chi connectivity index (χ0) is 28.0. The van der Waals surface area contributed by atoms with E-state index in [1.54, 1.807) is 30.6 Å². The van der Waals surface area contributed by atoms with Crippen molar-refractivity contribution >= 4 is 5.70 Å². The molecule has 1 aromatic carbocycles. The zero-order valence-corrected chi connectivity index (χ0v) is 21.8. The second kappa shape index (κ2) is 15.7. The Morgan fingerprint density at radius 1 is 1.08 bits per heavy atom. The number of nitrogens with two attached hydrogens (primary N) is 2.